The number of benzene rings is 1. The van der Waals surface area contributed by atoms with Gasteiger partial charge in [-0.05, 0) is 81.9 Å². The van der Waals surface area contributed by atoms with E-state index >= 15 is 0 Å². The quantitative estimate of drug-likeness (QED) is 0.361. The molecule has 0 saturated carbocycles. The van der Waals surface area contributed by atoms with Crippen LogP contribution in [0.5, 0.6) is 5.75 Å². The van der Waals surface area contributed by atoms with Gasteiger partial charge in [-0.3, -0.25) is 4.79 Å². The molecule has 0 spiro atoms. The van der Waals surface area contributed by atoms with Crippen LogP contribution in [0.3, 0.4) is 0 Å². The van der Waals surface area contributed by atoms with E-state index in [1.807, 2.05) is 39.0 Å². The number of nitrogens with one attached hydrogen (secondary N) is 1. The van der Waals surface area contributed by atoms with E-state index in [0.29, 0.717) is 18.0 Å². The number of carbonyl (C=O) groups is 1. The van der Waals surface area contributed by atoms with Crippen LogP contribution in [0.15, 0.2) is 35.9 Å². The Morgan fingerprint density at radius 1 is 1.24 bits per heavy atom. The number of carbonyl (C=O) groups excluding carboxylic acids is 1. The zero-order chi connectivity index (χ0) is 24.2. The summed E-state index contributed by atoms with van der Waals surface area (Å²) in [5, 5.41) is 23.3. The average Bonchev–Trinajstić information content (AvgIpc) is 3.33. The fourth-order valence-electron chi connectivity index (χ4n) is 4.40. The van der Waals surface area contributed by atoms with Gasteiger partial charge in [-0.1, -0.05) is 6.07 Å². The zero-order valence-electron chi connectivity index (χ0n) is 19.6. The standard InChI is InChI=1S/C27H26N4O2S/c1-4-33-22-9-7-8-21(14-22)30-26(32)20(15-28)13-19-12-17(2)31(18(19)3)27-24(16-29)23-10-5-6-11-25(23)34-27/h7-9,12-14H,4-6,10-11H2,1-3H3,(H,30,32). The third-order valence-corrected chi connectivity index (χ3v) is 7.28. The molecule has 1 aliphatic rings. The minimum Gasteiger partial charge on any atom is -0.494 e. The summed E-state index contributed by atoms with van der Waals surface area (Å²) in [5.74, 6) is 0.170. The Bertz CT molecular complexity index is 1360. The third kappa shape index (κ3) is 4.48. The maximum absolute atomic E-state index is 12.8. The SMILES string of the molecule is CCOc1cccc(NC(=O)C(C#N)=Cc2cc(C)n(-c3sc4c(c3C#N)CCCC4)c2C)c1. The van der Waals surface area contributed by atoms with Crippen LogP contribution >= 0.6 is 11.3 Å². The highest BCUT2D eigenvalue weighted by Crippen LogP contribution is 2.38. The Labute approximate surface area is 203 Å². The highest BCUT2D eigenvalue weighted by atomic mass is 32.1. The summed E-state index contributed by atoms with van der Waals surface area (Å²) in [7, 11) is 0. The van der Waals surface area contributed by atoms with Gasteiger partial charge in [0.25, 0.3) is 5.91 Å². The van der Waals surface area contributed by atoms with Crippen molar-refractivity contribution in [2.45, 2.75) is 46.5 Å². The van der Waals surface area contributed by atoms with Gasteiger partial charge < -0.3 is 14.6 Å². The highest BCUT2D eigenvalue weighted by molar-refractivity contribution is 7.15. The molecule has 7 heteroatoms. The van der Waals surface area contributed by atoms with Gasteiger partial charge in [0.1, 0.15) is 28.5 Å². The zero-order valence-corrected chi connectivity index (χ0v) is 20.4. The molecule has 6 nitrogen and oxygen atoms in total. The number of nitrogens with zero attached hydrogens (tertiary/aromatic N) is 3. The summed E-state index contributed by atoms with van der Waals surface area (Å²) >= 11 is 1.68. The molecule has 0 fully saturated rings. The first kappa shape index (κ1) is 23.4. The van der Waals surface area contributed by atoms with Crippen molar-refractivity contribution < 1.29 is 9.53 Å². The molecule has 0 radical (unpaired) electrons. The molecule has 172 valence electrons. The lowest BCUT2D eigenvalue weighted by Crippen LogP contribution is -2.13. The molecule has 1 amide bonds. The van der Waals surface area contributed by atoms with Crippen LogP contribution in [-0.2, 0) is 17.6 Å². The molecule has 2 aromatic heterocycles. The summed E-state index contributed by atoms with van der Waals surface area (Å²) in [6.45, 7) is 6.35. The number of hydrogen-bond donors (Lipinski definition) is 1. The molecule has 2 heterocycles. The van der Waals surface area contributed by atoms with Gasteiger partial charge in [-0.2, -0.15) is 10.5 Å². The topological polar surface area (TPSA) is 90.8 Å². The van der Waals surface area contributed by atoms with E-state index in [9.17, 15) is 15.3 Å². The van der Waals surface area contributed by atoms with Gasteiger partial charge in [0.15, 0.2) is 0 Å². The molecule has 0 unspecified atom stereocenters. The summed E-state index contributed by atoms with van der Waals surface area (Å²) in [6, 6.07) is 13.5. The maximum atomic E-state index is 12.8. The predicted molar refractivity (Wildman–Crippen MR) is 134 cm³/mol. The van der Waals surface area contributed by atoms with Crippen LogP contribution < -0.4 is 10.1 Å². The molecular weight excluding hydrogens is 444 g/mol. The molecule has 4 rings (SSSR count). The van der Waals surface area contributed by atoms with Crippen LogP contribution in [0.4, 0.5) is 5.69 Å². The molecule has 1 aliphatic carbocycles. The van der Waals surface area contributed by atoms with Crippen LogP contribution in [-0.4, -0.2) is 17.1 Å². The van der Waals surface area contributed by atoms with Gasteiger partial charge in [0, 0.05) is 28.0 Å². The van der Waals surface area contributed by atoms with Crippen molar-refractivity contribution in [3.8, 4) is 22.9 Å². The van der Waals surface area contributed by atoms with Gasteiger partial charge in [0.05, 0.1) is 12.2 Å². The molecule has 0 bridgehead atoms. The van der Waals surface area contributed by atoms with E-state index in [2.05, 4.69) is 16.0 Å². The maximum Gasteiger partial charge on any atom is 0.266 e. The average molecular weight is 471 g/mol. The number of nitriles is 2. The van der Waals surface area contributed by atoms with Crippen molar-refractivity contribution in [1.29, 1.82) is 10.5 Å². The van der Waals surface area contributed by atoms with Crippen molar-refractivity contribution in [3.63, 3.8) is 0 Å². The van der Waals surface area contributed by atoms with Gasteiger partial charge >= 0.3 is 0 Å². The second kappa shape index (κ2) is 9.99. The van der Waals surface area contributed by atoms with E-state index in [1.165, 1.54) is 10.4 Å². The fraction of sp³-hybridized carbons (Fsp3) is 0.296. The van der Waals surface area contributed by atoms with Gasteiger partial charge in [-0.25, -0.2) is 0 Å². The molecule has 1 aromatic carbocycles. The summed E-state index contributed by atoms with van der Waals surface area (Å²) in [5.41, 5.74) is 5.14. The van der Waals surface area contributed by atoms with Crippen molar-refractivity contribution in [2.24, 2.45) is 0 Å². The minimum absolute atomic E-state index is 0.00745. The van der Waals surface area contributed by atoms with Crippen LogP contribution in [0.25, 0.3) is 11.1 Å². The number of rotatable bonds is 6. The normalized spacial score (nSPS) is 13.0. The van der Waals surface area contributed by atoms with E-state index in [0.717, 1.165) is 53.2 Å². The smallest absolute Gasteiger partial charge is 0.266 e. The first-order valence-corrected chi connectivity index (χ1v) is 12.2. The van der Waals surface area contributed by atoms with Gasteiger partial charge in [0.2, 0.25) is 0 Å². The lowest BCUT2D eigenvalue weighted by atomic mass is 9.96. The van der Waals surface area contributed by atoms with Crippen LogP contribution in [0.1, 0.15) is 52.7 Å². The predicted octanol–water partition coefficient (Wildman–Crippen LogP) is 5.85. The van der Waals surface area contributed by atoms with E-state index in [4.69, 9.17) is 4.74 Å². The minimum atomic E-state index is -0.481. The van der Waals surface area contributed by atoms with E-state index in [-0.39, 0.29) is 5.57 Å². The Hall–Kier alpha value is -3.81. The van der Waals surface area contributed by atoms with Crippen molar-refractivity contribution in [3.05, 3.63) is 68.9 Å². The van der Waals surface area contributed by atoms with Crippen molar-refractivity contribution in [2.75, 3.05) is 11.9 Å². The second-order valence-corrected chi connectivity index (χ2v) is 9.33. The summed E-state index contributed by atoms with van der Waals surface area (Å²) in [6.07, 6.45) is 5.85. The van der Waals surface area contributed by atoms with E-state index < -0.39 is 5.91 Å². The van der Waals surface area contributed by atoms with Crippen molar-refractivity contribution in [1.82, 2.24) is 4.57 Å². The molecule has 1 N–H and O–H groups in total. The molecule has 34 heavy (non-hydrogen) atoms. The highest BCUT2D eigenvalue weighted by Gasteiger charge is 2.24. The van der Waals surface area contributed by atoms with E-state index in [1.54, 1.807) is 35.6 Å². The number of fused-ring (bicyclic) bond motifs is 1. The lowest BCUT2D eigenvalue weighted by Gasteiger charge is -2.10. The first-order chi connectivity index (χ1) is 16.5. The monoisotopic (exact) mass is 470 g/mol. The Balaban J connectivity index is 1.66. The summed E-state index contributed by atoms with van der Waals surface area (Å²) < 4.78 is 7.55. The Morgan fingerprint density at radius 2 is 2.03 bits per heavy atom. The van der Waals surface area contributed by atoms with Crippen molar-refractivity contribution >= 4 is 29.0 Å². The van der Waals surface area contributed by atoms with Gasteiger partial charge in [-0.15, -0.1) is 11.3 Å². The number of anilines is 1. The third-order valence-electron chi connectivity index (χ3n) is 6.01. The number of ether oxygens (including phenoxy) is 1. The molecule has 0 aliphatic heterocycles. The molecule has 0 atom stereocenters. The molecular formula is C27H26N4O2S. The second-order valence-electron chi connectivity index (χ2n) is 8.25. The Kier molecular flexibility index (Phi) is 6.86. The first-order valence-electron chi connectivity index (χ1n) is 11.4. The fourth-order valence-corrected chi connectivity index (χ4v) is 5.85. The number of aryl methyl sites for hydroxylation is 2. The number of amides is 1. The number of hydrogen-bond acceptors (Lipinski definition) is 5. The lowest BCUT2D eigenvalue weighted by molar-refractivity contribution is -0.112. The number of aromatic nitrogens is 1. The van der Waals surface area contributed by atoms with Crippen LogP contribution in [0.2, 0.25) is 0 Å². The molecule has 0 saturated heterocycles. The summed E-state index contributed by atoms with van der Waals surface area (Å²) in [4.78, 5) is 14.1. The Morgan fingerprint density at radius 3 is 2.76 bits per heavy atom. The van der Waals surface area contributed by atoms with Crippen LogP contribution in [0, 0.1) is 36.5 Å². The molecule has 3 aromatic rings. The largest absolute Gasteiger partial charge is 0.494 e. The number of thiophene rings is 1.